The van der Waals surface area contributed by atoms with Crippen LogP contribution in [0.1, 0.15) is 16.7 Å². The first kappa shape index (κ1) is 15.8. The minimum Gasteiger partial charge on any atom is -0.454 e. The largest absolute Gasteiger partial charge is 0.454 e. The van der Waals surface area contributed by atoms with Gasteiger partial charge in [-0.05, 0) is 66.6 Å². The van der Waals surface area contributed by atoms with E-state index in [0.29, 0.717) is 15.8 Å². The van der Waals surface area contributed by atoms with Crippen molar-refractivity contribution >= 4 is 34.6 Å². The number of hydrogen-bond donors (Lipinski definition) is 1. The van der Waals surface area contributed by atoms with Crippen LogP contribution in [-0.4, -0.2) is 17.9 Å². The first-order chi connectivity index (χ1) is 12.1. The average Bonchev–Trinajstić information content (AvgIpc) is 3.18. The van der Waals surface area contributed by atoms with Crippen molar-refractivity contribution < 1.29 is 14.3 Å². The number of aryl methyl sites for hydroxylation is 1. The van der Waals surface area contributed by atoms with Crippen molar-refractivity contribution in [2.45, 2.75) is 13.8 Å². The molecule has 0 aliphatic carbocycles. The van der Waals surface area contributed by atoms with Gasteiger partial charge in [0.2, 0.25) is 6.79 Å². The lowest BCUT2D eigenvalue weighted by molar-refractivity contribution is -0.115. The van der Waals surface area contributed by atoms with Crippen LogP contribution in [0.3, 0.4) is 0 Å². The van der Waals surface area contributed by atoms with Gasteiger partial charge < -0.3 is 14.8 Å². The van der Waals surface area contributed by atoms with Gasteiger partial charge in [-0.15, -0.1) is 0 Å². The predicted molar refractivity (Wildman–Crippen MR) is 99.3 cm³/mol. The fourth-order valence-corrected chi connectivity index (χ4v) is 3.44. The average molecular weight is 352 g/mol. The topological polar surface area (TPSA) is 59.9 Å². The molecule has 1 amide bonds. The van der Waals surface area contributed by atoms with Crippen molar-refractivity contribution in [3.63, 3.8) is 0 Å². The van der Waals surface area contributed by atoms with E-state index in [4.69, 9.17) is 9.47 Å². The smallest absolute Gasteiger partial charge is 0.264 e. The molecule has 4 rings (SSSR count). The standard InChI is InChI=1S/C19H16N2O3S/c1-11-4-3-5-14(12(11)2)20-19-21-18(22)17(25-19)9-13-6-7-15-16(8-13)24-10-23-15/h3-9H,10H2,1-2H3,(H,20,21,22)/b17-9-. The van der Waals surface area contributed by atoms with E-state index < -0.39 is 0 Å². The van der Waals surface area contributed by atoms with Crippen LogP contribution < -0.4 is 14.8 Å². The molecule has 1 fully saturated rings. The number of rotatable bonds is 2. The monoisotopic (exact) mass is 352 g/mol. The Bertz CT molecular complexity index is 934. The highest BCUT2D eigenvalue weighted by atomic mass is 32.2. The number of benzene rings is 2. The van der Waals surface area contributed by atoms with Crippen molar-refractivity contribution in [1.29, 1.82) is 0 Å². The third kappa shape index (κ3) is 3.13. The third-order valence-electron chi connectivity index (χ3n) is 4.14. The maximum atomic E-state index is 12.2. The molecule has 1 saturated heterocycles. The zero-order chi connectivity index (χ0) is 17.4. The summed E-state index contributed by atoms with van der Waals surface area (Å²) in [4.78, 5) is 17.4. The molecule has 2 aromatic rings. The van der Waals surface area contributed by atoms with Gasteiger partial charge in [-0.1, -0.05) is 18.2 Å². The summed E-state index contributed by atoms with van der Waals surface area (Å²) in [5, 5.41) is 3.41. The molecule has 2 aliphatic heterocycles. The van der Waals surface area contributed by atoms with Crippen LogP contribution >= 0.6 is 11.8 Å². The zero-order valence-electron chi connectivity index (χ0n) is 13.8. The SMILES string of the molecule is Cc1cccc(N=C2NC(=O)/C(=C/c3ccc4c(c3)OCO4)S2)c1C. The molecule has 0 saturated carbocycles. The zero-order valence-corrected chi connectivity index (χ0v) is 14.6. The van der Waals surface area contributed by atoms with Crippen LogP contribution in [-0.2, 0) is 4.79 Å². The Morgan fingerprint density at radius 3 is 2.88 bits per heavy atom. The number of thioether (sulfide) groups is 1. The molecule has 0 atom stereocenters. The normalized spacial score (nSPS) is 18.9. The molecule has 2 aromatic carbocycles. The molecule has 126 valence electrons. The van der Waals surface area contributed by atoms with Gasteiger partial charge in [0, 0.05) is 0 Å². The Balaban J connectivity index is 1.60. The minimum absolute atomic E-state index is 0.147. The number of amides is 1. The highest BCUT2D eigenvalue weighted by Gasteiger charge is 2.24. The lowest BCUT2D eigenvalue weighted by Crippen LogP contribution is -2.19. The van der Waals surface area contributed by atoms with E-state index >= 15 is 0 Å². The summed E-state index contributed by atoms with van der Waals surface area (Å²) < 4.78 is 10.7. The Kier molecular flexibility index (Phi) is 3.97. The number of nitrogens with zero attached hydrogens (tertiary/aromatic N) is 1. The molecular formula is C19H16N2O3S. The predicted octanol–water partition coefficient (Wildman–Crippen LogP) is 3.92. The van der Waals surface area contributed by atoms with E-state index in [1.165, 1.54) is 17.3 Å². The van der Waals surface area contributed by atoms with Crippen molar-refractivity contribution in [3.05, 3.63) is 58.0 Å². The van der Waals surface area contributed by atoms with Gasteiger partial charge in [-0.3, -0.25) is 4.79 Å². The molecule has 5 nitrogen and oxygen atoms in total. The Labute approximate surface area is 149 Å². The maximum Gasteiger partial charge on any atom is 0.264 e. The van der Waals surface area contributed by atoms with Crippen LogP contribution in [0.2, 0.25) is 0 Å². The Morgan fingerprint density at radius 2 is 2.00 bits per heavy atom. The van der Waals surface area contributed by atoms with Crippen LogP contribution in [0.5, 0.6) is 11.5 Å². The molecule has 6 heteroatoms. The van der Waals surface area contributed by atoms with E-state index in [1.54, 1.807) is 0 Å². The van der Waals surface area contributed by atoms with E-state index in [-0.39, 0.29) is 12.7 Å². The van der Waals surface area contributed by atoms with Crippen LogP contribution in [0, 0.1) is 13.8 Å². The number of fused-ring (bicyclic) bond motifs is 1. The van der Waals surface area contributed by atoms with Gasteiger partial charge >= 0.3 is 0 Å². The van der Waals surface area contributed by atoms with Gasteiger partial charge in [-0.2, -0.15) is 0 Å². The van der Waals surface area contributed by atoms with E-state index in [1.807, 2.05) is 56.3 Å². The molecular weight excluding hydrogens is 336 g/mol. The second-order valence-corrected chi connectivity index (χ2v) is 6.84. The summed E-state index contributed by atoms with van der Waals surface area (Å²) in [6.07, 6.45) is 1.83. The van der Waals surface area contributed by atoms with Crippen molar-refractivity contribution in [1.82, 2.24) is 5.32 Å². The van der Waals surface area contributed by atoms with Gasteiger partial charge in [0.25, 0.3) is 5.91 Å². The second kappa shape index (κ2) is 6.29. The van der Waals surface area contributed by atoms with Crippen LogP contribution in [0.4, 0.5) is 5.69 Å². The summed E-state index contributed by atoms with van der Waals surface area (Å²) in [6, 6.07) is 11.6. The van der Waals surface area contributed by atoms with Crippen molar-refractivity contribution in [2.75, 3.05) is 6.79 Å². The fraction of sp³-hybridized carbons (Fsp3) is 0.158. The van der Waals surface area contributed by atoms with Gasteiger partial charge in [0.1, 0.15) is 0 Å². The molecule has 0 bridgehead atoms. The van der Waals surface area contributed by atoms with E-state index in [2.05, 4.69) is 10.3 Å². The fourth-order valence-electron chi connectivity index (χ4n) is 2.60. The van der Waals surface area contributed by atoms with Gasteiger partial charge in [0.15, 0.2) is 16.7 Å². The molecule has 0 aromatic heterocycles. The van der Waals surface area contributed by atoms with Crippen molar-refractivity contribution in [2.24, 2.45) is 4.99 Å². The Morgan fingerprint density at radius 1 is 1.16 bits per heavy atom. The van der Waals surface area contributed by atoms with Crippen molar-refractivity contribution in [3.8, 4) is 11.5 Å². The second-order valence-electron chi connectivity index (χ2n) is 5.81. The molecule has 2 heterocycles. The number of carbonyl (C=O) groups is 1. The summed E-state index contributed by atoms with van der Waals surface area (Å²) in [5.74, 6) is 1.27. The summed E-state index contributed by atoms with van der Waals surface area (Å²) in [6.45, 7) is 4.31. The molecule has 25 heavy (non-hydrogen) atoms. The first-order valence-electron chi connectivity index (χ1n) is 7.85. The number of aliphatic imine (C=N–C) groups is 1. The highest BCUT2D eigenvalue weighted by molar-refractivity contribution is 8.18. The van der Waals surface area contributed by atoms with Gasteiger partial charge in [-0.25, -0.2) is 4.99 Å². The maximum absolute atomic E-state index is 12.2. The minimum atomic E-state index is -0.147. The third-order valence-corrected chi connectivity index (χ3v) is 5.05. The molecule has 2 aliphatic rings. The molecule has 1 N–H and O–H groups in total. The summed E-state index contributed by atoms with van der Waals surface area (Å²) in [5.41, 5.74) is 4.03. The number of amidine groups is 1. The number of nitrogens with one attached hydrogen (secondary N) is 1. The van der Waals surface area contributed by atoms with E-state index in [0.717, 1.165) is 22.6 Å². The first-order valence-corrected chi connectivity index (χ1v) is 8.67. The lowest BCUT2D eigenvalue weighted by atomic mass is 10.1. The van der Waals surface area contributed by atoms with Crippen LogP contribution in [0.25, 0.3) is 6.08 Å². The Hall–Kier alpha value is -2.73. The quantitative estimate of drug-likeness (QED) is 0.832. The summed E-state index contributed by atoms with van der Waals surface area (Å²) in [7, 11) is 0. The number of ether oxygens (including phenoxy) is 2. The molecule has 0 radical (unpaired) electrons. The molecule has 0 unspecified atom stereocenters. The molecule has 0 spiro atoms. The lowest BCUT2D eigenvalue weighted by Gasteiger charge is -2.04. The van der Waals surface area contributed by atoms with Gasteiger partial charge in [0.05, 0.1) is 10.6 Å². The van der Waals surface area contributed by atoms with Crippen LogP contribution in [0.15, 0.2) is 46.3 Å². The number of carbonyl (C=O) groups excluding carboxylic acids is 1. The summed E-state index contributed by atoms with van der Waals surface area (Å²) >= 11 is 1.33. The van der Waals surface area contributed by atoms with E-state index in [9.17, 15) is 4.79 Å². The number of hydrogen-bond acceptors (Lipinski definition) is 5. The highest BCUT2D eigenvalue weighted by Crippen LogP contribution is 2.35.